The van der Waals surface area contributed by atoms with Crippen LogP contribution >= 0.6 is 0 Å². The van der Waals surface area contributed by atoms with Gasteiger partial charge < -0.3 is 9.26 Å². The van der Waals surface area contributed by atoms with Crippen LogP contribution in [0.2, 0.25) is 0 Å². The molecule has 1 amide bonds. The Balaban J connectivity index is 1.69. The lowest BCUT2D eigenvalue weighted by Crippen LogP contribution is -2.21. The summed E-state index contributed by atoms with van der Waals surface area (Å²) >= 11 is 0. The van der Waals surface area contributed by atoms with Gasteiger partial charge in [0.1, 0.15) is 0 Å². The summed E-state index contributed by atoms with van der Waals surface area (Å²) in [5, 5.41) is 6.07. The molecule has 2 aromatic carbocycles. The van der Waals surface area contributed by atoms with Crippen LogP contribution < -0.4 is 5.32 Å². The molecular weight excluding hydrogens is 360 g/mol. The van der Waals surface area contributed by atoms with Gasteiger partial charge in [-0.25, -0.2) is 4.79 Å². The van der Waals surface area contributed by atoms with E-state index in [0.717, 1.165) is 5.56 Å². The number of hydrogen-bond acceptors (Lipinski definition) is 6. The number of benzene rings is 2. The van der Waals surface area contributed by atoms with Crippen LogP contribution in [0.3, 0.4) is 0 Å². The molecule has 28 heavy (non-hydrogen) atoms. The minimum absolute atomic E-state index is 0.0939. The number of anilines is 1. The van der Waals surface area contributed by atoms with Crippen molar-refractivity contribution in [3.8, 4) is 0 Å². The van der Waals surface area contributed by atoms with Crippen molar-refractivity contribution in [2.24, 2.45) is 0 Å². The largest absolute Gasteiger partial charge is 0.452 e. The topological polar surface area (TPSA) is 98.5 Å². The number of hydrogen-bond donors (Lipinski definition) is 1. The van der Waals surface area contributed by atoms with E-state index in [0.29, 0.717) is 11.3 Å². The molecule has 1 N–H and O–H groups in total. The number of aromatic nitrogens is 1. The second kappa shape index (κ2) is 8.30. The van der Waals surface area contributed by atoms with Gasteiger partial charge in [0.2, 0.25) is 5.88 Å². The van der Waals surface area contributed by atoms with E-state index < -0.39 is 18.5 Å². The van der Waals surface area contributed by atoms with Gasteiger partial charge >= 0.3 is 5.97 Å². The van der Waals surface area contributed by atoms with Crippen LogP contribution in [0.5, 0.6) is 0 Å². The van der Waals surface area contributed by atoms with Gasteiger partial charge in [-0.15, -0.1) is 0 Å². The molecule has 0 saturated heterocycles. The van der Waals surface area contributed by atoms with Crippen LogP contribution in [0.25, 0.3) is 0 Å². The van der Waals surface area contributed by atoms with Crippen molar-refractivity contribution in [3.05, 3.63) is 82.5 Å². The number of ketones is 1. The monoisotopic (exact) mass is 378 g/mol. The Labute approximate surface area is 161 Å². The fraction of sp³-hybridized carbons (Fsp3) is 0.143. The molecule has 1 heterocycles. The van der Waals surface area contributed by atoms with E-state index in [2.05, 4.69) is 10.5 Å². The van der Waals surface area contributed by atoms with Gasteiger partial charge in [-0.05, 0) is 19.9 Å². The molecule has 3 rings (SSSR count). The quantitative estimate of drug-likeness (QED) is 0.522. The average molecular weight is 378 g/mol. The van der Waals surface area contributed by atoms with Crippen LogP contribution in [-0.4, -0.2) is 29.4 Å². The van der Waals surface area contributed by atoms with Crippen LogP contribution in [0, 0.1) is 13.8 Å². The van der Waals surface area contributed by atoms with E-state index in [9.17, 15) is 14.4 Å². The lowest BCUT2D eigenvalue weighted by Gasteiger charge is -2.09. The Bertz CT molecular complexity index is 1020. The molecule has 3 aromatic rings. The summed E-state index contributed by atoms with van der Waals surface area (Å²) in [6.45, 7) is 3.11. The summed E-state index contributed by atoms with van der Waals surface area (Å²) < 4.78 is 9.92. The molecule has 0 unspecified atom stereocenters. The average Bonchev–Trinajstić information content (AvgIpc) is 3.10. The molecule has 7 nitrogen and oxygen atoms in total. The SMILES string of the molecule is Cc1ccc(C(=O)c2ccccc2C(=O)OCC(=O)Nc2cc(C)no2)cc1. The summed E-state index contributed by atoms with van der Waals surface area (Å²) in [4.78, 5) is 37.1. The third-order valence-electron chi connectivity index (χ3n) is 3.93. The normalized spacial score (nSPS) is 10.4. The number of carbonyl (C=O) groups excluding carboxylic acids is 3. The number of ether oxygens (including phenoxy) is 1. The van der Waals surface area contributed by atoms with Gasteiger partial charge in [0.15, 0.2) is 12.4 Å². The number of nitrogens with one attached hydrogen (secondary N) is 1. The lowest BCUT2D eigenvalue weighted by molar-refractivity contribution is -0.119. The summed E-state index contributed by atoms with van der Waals surface area (Å²) in [7, 11) is 0. The van der Waals surface area contributed by atoms with Crippen molar-refractivity contribution >= 4 is 23.5 Å². The Morgan fingerprint density at radius 1 is 1.00 bits per heavy atom. The Kier molecular flexibility index (Phi) is 5.64. The zero-order valence-corrected chi connectivity index (χ0v) is 15.4. The maximum atomic E-state index is 12.8. The first-order valence-electron chi connectivity index (χ1n) is 8.55. The molecule has 1 aromatic heterocycles. The minimum Gasteiger partial charge on any atom is -0.452 e. The number of esters is 1. The highest BCUT2D eigenvalue weighted by Gasteiger charge is 2.20. The van der Waals surface area contributed by atoms with E-state index >= 15 is 0 Å². The fourth-order valence-electron chi connectivity index (χ4n) is 2.52. The van der Waals surface area contributed by atoms with Crippen molar-refractivity contribution < 1.29 is 23.6 Å². The smallest absolute Gasteiger partial charge is 0.339 e. The molecule has 0 saturated carbocycles. The van der Waals surface area contributed by atoms with Gasteiger partial charge in [-0.1, -0.05) is 53.2 Å². The number of nitrogens with zero attached hydrogens (tertiary/aromatic N) is 1. The van der Waals surface area contributed by atoms with Gasteiger partial charge in [0.05, 0.1) is 11.3 Å². The Morgan fingerprint density at radius 2 is 1.68 bits per heavy atom. The van der Waals surface area contributed by atoms with E-state index in [1.165, 1.54) is 12.1 Å². The van der Waals surface area contributed by atoms with Crippen LogP contribution in [0.4, 0.5) is 5.88 Å². The van der Waals surface area contributed by atoms with Crippen molar-refractivity contribution in [1.29, 1.82) is 0 Å². The molecule has 142 valence electrons. The zero-order valence-electron chi connectivity index (χ0n) is 15.4. The predicted molar refractivity (Wildman–Crippen MR) is 101 cm³/mol. The standard InChI is InChI=1S/C21H18N2O5/c1-13-7-9-15(10-8-13)20(25)16-5-3-4-6-17(16)21(26)27-12-18(24)22-19-11-14(2)23-28-19/h3-11H,12H2,1-2H3,(H,22,24). The van der Waals surface area contributed by atoms with E-state index in [1.807, 2.05) is 19.1 Å². The van der Waals surface area contributed by atoms with Crippen LogP contribution in [0.15, 0.2) is 59.1 Å². The molecule has 0 atom stereocenters. The zero-order chi connectivity index (χ0) is 20.1. The molecule has 0 aliphatic heterocycles. The Morgan fingerprint density at radius 3 is 2.32 bits per heavy atom. The van der Waals surface area contributed by atoms with Crippen LogP contribution in [-0.2, 0) is 9.53 Å². The molecule has 0 bridgehead atoms. The molecular formula is C21H18N2O5. The van der Waals surface area contributed by atoms with Crippen molar-refractivity contribution in [2.75, 3.05) is 11.9 Å². The minimum atomic E-state index is -0.764. The van der Waals surface area contributed by atoms with Gasteiger partial charge in [-0.3, -0.25) is 14.9 Å². The number of amides is 1. The van der Waals surface area contributed by atoms with E-state index in [4.69, 9.17) is 9.26 Å². The summed E-state index contributed by atoms with van der Waals surface area (Å²) in [5.74, 6) is -1.48. The maximum Gasteiger partial charge on any atom is 0.339 e. The highest BCUT2D eigenvalue weighted by Crippen LogP contribution is 2.16. The highest BCUT2D eigenvalue weighted by molar-refractivity contribution is 6.14. The second-order valence-corrected chi connectivity index (χ2v) is 6.20. The van der Waals surface area contributed by atoms with Crippen LogP contribution in [0.1, 0.15) is 37.5 Å². The molecule has 0 aliphatic carbocycles. The summed E-state index contributed by atoms with van der Waals surface area (Å²) in [6.07, 6.45) is 0. The lowest BCUT2D eigenvalue weighted by atomic mass is 9.98. The molecule has 0 aliphatic rings. The van der Waals surface area contributed by atoms with Crippen molar-refractivity contribution in [2.45, 2.75) is 13.8 Å². The van der Waals surface area contributed by atoms with Crippen molar-refractivity contribution in [3.63, 3.8) is 0 Å². The number of rotatable bonds is 6. The van der Waals surface area contributed by atoms with Gasteiger partial charge in [0.25, 0.3) is 5.91 Å². The second-order valence-electron chi connectivity index (χ2n) is 6.20. The first-order valence-corrected chi connectivity index (χ1v) is 8.55. The Hall–Kier alpha value is -3.74. The number of carbonyl (C=O) groups is 3. The van der Waals surface area contributed by atoms with E-state index in [-0.39, 0.29) is 22.8 Å². The first-order chi connectivity index (χ1) is 13.4. The highest BCUT2D eigenvalue weighted by atomic mass is 16.5. The maximum absolute atomic E-state index is 12.8. The molecule has 0 spiro atoms. The first kappa shape index (κ1) is 19.0. The number of aryl methyl sites for hydroxylation is 2. The van der Waals surface area contributed by atoms with Gasteiger partial charge in [0, 0.05) is 17.2 Å². The molecule has 7 heteroatoms. The fourth-order valence-corrected chi connectivity index (χ4v) is 2.52. The van der Waals surface area contributed by atoms with Gasteiger partial charge in [-0.2, -0.15) is 0 Å². The van der Waals surface area contributed by atoms with Crippen molar-refractivity contribution in [1.82, 2.24) is 5.16 Å². The van der Waals surface area contributed by atoms with E-state index in [1.54, 1.807) is 37.3 Å². The predicted octanol–water partition coefficient (Wildman–Crippen LogP) is 3.32. The summed E-state index contributed by atoms with van der Waals surface area (Å²) in [5.41, 5.74) is 2.40. The molecule has 0 fully saturated rings. The third-order valence-corrected chi connectivity index (χ3v) is 3.93. The third kappa shape index (κ3) is 4.50. The summed E-state index contributed by atoms with van der Waals surface area (Å²) in [6, 6.07) is 14.9. The molecule has 0 radical (unpaired) electrons.